The van der Waals surface area contributed by atoms with Gasteiger partial charge in [0.05, 0.1) is 5.56 Å². The molecule has 1 saturated heterocycles. The first-order valence-electron chi connectivity index (χ1n) is 7.91. The molecule has 1 fully saturated rings. The zero-order chi connectivity index (χ0) is 18.7. The summed E-state index contributed by atoms with van der Waals surface area (Å²) in [4.78, 5) is 45.9. The Morgan fingerprint density at radius 3 is 2.46 bits per heavy atom. The molecule has 26 heavy (non-hydrogen) atoms. The van der Waals surface area contributed by atoms with Gasteiger partial charge in [-0.25, -0.2) is 9.78 Å². The quantitative estimate of drug-likeness (QED) is 0.571. The van der Waals surface area contributed by atoms with Crippen LogP contribution in [-0.2, 0) is 14.4 Å². The van der Waals surface area contributed by atoms with Crippen molar-refractivity contribution in [2.75, 3.05) is 0 Å². The summed E-state index contributed by atoms with van der Waals surface area (Å²) in [6, 6.07) is 9.13. The SMILES string of the molecule is Cc1ccc(C(=O)ON2C(=O)CCC2=O)c(C)c1SSc1ccccn1. The average molecular weight is 388 g/mol. The van der Waals surface area contributed by atoms with Crippen molar-refractivity contribution in [3.63, 3.8) is 0 Å². The van der Waals surface area contributed by atoms with Crippen molar-refractivity contribution in [3.8, 4) is 0 Å². The highest BCUT2D eigenvalue weighted by molar-refractivity contribution is 8.76. The minimum atomic E-state index is -0.712. The first-order chi connectivity index (χ1) is 12.5. The summed E-state index contributed by atoms with van der Waals surface area (Å²) in [6.07, 6.45) is 1.86. The molecule has 0 spiro atoms. The molecule has 0 radical (unpaired) electrons. The smallest absolute Gasteiger partial charge is 0.325 e. The summed E-state index contributed by atoms with van der Waals surface area (Å²) in [5.41, 5.74) is 2.08. The number of aryl methyl sites for hydroxylation is 1. The highest BCUT2D eigenvalue weighted by Gasteiger charge is 2.33. The van der Waals surface area contributed by atoms with Gasteiger partial charge < -0.3 is 4.84 Å². The van der Waals surface area contributed by atoms with E-state index in [4.69, 9.17) is 4.84 Å². The number of imide groups is 1. The Bertz CT molecular complexity index is 855. The summed E-state index contributed by atoms with van der Waals surface area (Å²) in [5.74, 6) is -1.70. The average Bonchev–Trinajstić information content (AvgIpc) is 2.94. The molecular formula is C18H16N2O4S2. The van der Waals surface area contributed by atoms with Crippen LogP contribution < -0.4 is 0 Å². The molecular weight excluding hydrogens is 372 g/mol. The van der Waals surface area contributed by atoms with Crippen LogP contribution in [0, 0.1) is 13.8 Å². The molecule has 1 aliphatic heterocycles. The Balaban J connectivity index is 1.79. The van der Waals surface area contributed by atoms with Gasteiger partial charge in [-0.05, 0) is 54.0 Å². The number of amides is 2. The molecule has 0 saturated carbocycles. The lowest BCUT2D eigenvalue weighted by Crippen LogP contribution is -2.32. The van der Waals surface area contributed by atoms with E-state index in [1.165, 1.54) is 21.6 Å². The van der Waals surface area contributed by atoms with Gasteiger partial charge in [0.1, 0.15) is 5.03 Å². The molecule has 0 N–H and O–H groups in total. The van der Waals surface area contributed by atoms with Crippen molar-refractivity contribution in [1.82, 2.24) is 10.0 Å². The number of carbonyl (C=O) groups excluding carboxylic acids is 3. The molecule has 1 aromatic carbocycles. The highest BCUT2D eigenvalue weighted by atomic mass is 33.1. The third-order valence-corrected chi connectivity index (χ3v) is 6.40. The second kappa shape index (κ2) is 7.92. The van der Waals surface area contributed by atoms with Gasteiger partial charge in [0, 0.05) is 23.9 Å². The predicted octanol–water partition coefficient (Wildman–Crippen LogP) is 3.72. The fourth-order valence-corrected chi connectivity index (χ4v) is 4.86. The third-order valence-electron chi connectivity index (χ3n) is 3.85. The van der Waals surface area contributed by atoms with Crippen molar-refractivity contribution >= 4 is 39.4 Å². The summed E-state index contributed by atoms with van der Waals surface area (Å²) >= 11 is 0. The molecule has 6 nitrogen and oxygen atoms in total. The number of hydroxylamine groups is 2. The maximum absolute atomic E-state index is 12.5. The summed E-state index contributed by atoms with van der Waals surface area (Å²) in [7, 11) is 2.99. The molecule has 0 atom stereocenters. The molecule has 0 aliphatic carbocycles. The lowest BCUT2D eigenvalue weighted by atomic mass is 10.1. The number of hydrogen-bond acceptors (Lipinski definition) is 7. The van der Waals surface area contributed by atoms with E-state index < -0.39 is 17.8 Å². The van der Waals surface area contributed by atoms with Crippen LogP contribution in [0.15, 0.2) is 46.5 Å². The van der Waals surface area contributed by atoms with Crippen LogP contribution in [0.3, 0.4) is 0 Å². The number of benzene rings is 1. The Hall–Kier alpha value is -2.32. The predicted molar refractivity (Wildman–Crippen MR) is 98.4 cm³/mol. The van der Waals surface area contributed by atoms with Crippen LogP contribution in [0.5, 0.6) is 0 Å². The van der Waals surface area contributed by atoms with Gasteiger partial charge in [-0.1, -0.05) is 22.9 Å². The topological polar surface area (TPSA) is 76.6 Å². The minimum Gasteiger partial charge on any atom is -0.325 e. The molecule has 2 amide bonds. The van der Waals surface area contributed by atoms with Crippen molar-refractivity contribution in [1.29, 1.82) is 0 Å². The standard InChI is InChI=1S/C18H16N2O4S2/c1-11-6-7-13(18(23)24-20-15(21)8-9-16(20)22)12(2)17(11)26-25-14-5-3-4-10-19-14/h3-7,10H,8-9H2,1-2H3. The normalized spacial score (nSPS) is 14.0. The monoisotopic (exact) mass is 388 g/mol. The fourth-order valence-electron chi connectivity index (χ4n) is 2.45. The van der Waals surface area contributed by atoms with Gasteiger partial charge in [0.2, 0.25) is 0 Å². The van der Waals surface area contributed by atoms with E-state index in [1.807, 2.05) is 38.1 Å². The number of aromatic nitrogens is 1. The van der Waals surface area contributed by atoms with Gasteiger partial charge in [-0.15, -0.1) is 5.06 Å². The number of carbonyl (C=O) groups is 3. The van der Waals surface area contributed by atoms with Crippen LogP contribution >= 0.6 is 21.6 Å². The number of pyridine rings is 1. The van der Waals surface area contributed by atoms with Crippen LogP contribution in [-0.4, -0.2) is 27.8 Å². The van der Waals surface area contributed by atoms with Crippen molar-refractivity contribution in [2.45, 2.75) is 36.6 Å². The zero-order valence-corrected chi connectivity index (χ0v) is 15.9. The second-order valence-corrected chi connectivity index (χ2v) is 7.84. The molecule has 2 aromatic rings. The summed E-state index contributed by atoms with van der Waals surface area (Å²) in [5, 5.41) is 1.43. The number of hydrogen-bond donors (Lipinski definition) is 0. The Kier molecular flexibility index (Phi) is 5.63. The zero-order valence-electron chi connectivity index (χ0n) is 14.2. The molecule has 8 heteroatoms. The Morgan fingerprint density at radius 1 is 1.08 bits per heavy atom. The second-order valence-electron chi connectivity index (χ2n) is 5.68. The summed E-state index contributed by atoms with van der Waals surface area (Å²) < 4.78 is 0. The van der Waals surface area contributed by atoms with Crippen LogP contribution in [0.1, 0.15) is 34.3 Å². The largest absolute Gasteiger partial charge is 0.364 e. The maximum atomic E-state index is 12.5. The van der Waals surface area contributed by atoms with Crippen LogP contribution in [0.25, 0.3) is 0 Å². The molecule has 2 heterocycles. The number of rotatable bonds is 5. The van der Waals surface area contributed by atoms with E-state index in [2.05, 4.69) is 4.98 Å². The van der Waals surface area contributed by atoms with Crippen LogP contribution in [0.4, 0.5) is 0 Å². The lowest BCUT2D eigenvalue weighted by Gasteiger charge is -2.16. The first-order valence-corrected chi connectivity index (χ1v) is 10.1. The molecule has 134 valence electrons. The molecule has 3 rings (SSSR count). The van der Waals surface area contributed by atoms with Gasteiger partial charge in [0.15, 0.2) is 0 Å². The van der Waals surface area contributed by atoms with E-state index in [9.17, 15) is 14.4 Å². The maximum Gasteiger partial charge on any atom is 0.364 e. The molecule has 1 aliphatic rings. The molecule has 0 unspecified atom stereocenters. The molecule has 1 aromatic heterocycles. The lowest BCUT2D eigenvalue weighted by molar-refractivity contribution is -0.172. The van der Waals surface area contributed by atoms with Gasteiger partial charge in [0.25, 0.3) is 11.8 Å². The van der Waals surface area contributed by atoms with Gasteiger partial charge in [-0.2, -0.15) is 0 Å². The van der Waals surface area contributed by atoms with E-state index in [1.54, 1.807) is 12.3 Å². The third kappa shape index (κ3) is 3.91. The Labute approximate surface area is 158 Å². The van der Waals surface area contributed by atoms with Crippen molar-refractivity contribution in [2.24, 2.45) is 0 Å². The minimum absolute atomic E-state index is 0.0702. The van der Waals surface area contributed by atoms with Crippen molar-refractivity contribution < 1.29 is 19.2 Å². The Morgan fingerprint density at radius 2 is 1.81 bits per heavy atom. The first kappa shape index (κ1) is 18.5. The van der Waals surface area contributed by atoms with E-state index in [0.29, 0.717) is 10.6 Å². The van der Waals surface area contributed by atoms with E-state index in [0.717, 1.165) is 21.0 Å². The number of nitrogens with zero attached hydrogens (tertiary/aromatic N) is 2. The molecule has 0 bridgehead atoms. The van der Waals surface area contributed by atoms with E-state index >= 15 is 0 Å². The fraction of sp³-hybridized carbons (Fsp3) is 0.222. The van der Waals surface area contributed by atoms with Crippen LogP contribution in [0.2, 0.25) is 0 Å². The van der Waals surface area contributed by atoms with Gasteiger partial charge in [-0.3, -0.25) is 9.59 Å². The summed E-state index contributed by atoms with van der Waals surface area (Å²) in [6.45, 7) is 3.77. The van der Waals surface area contributed by atoms with E-state index in [-0.39, 0.29) is 12.8 Å². The van der Waals surface area contributed by atoms with Crippen molar-refractivity contribution in [3.05, 3.63) is 53.2 Å². The highest BCUT2D eigenvalue weighted by Crippen LogP contribution is 2.40. The van der Waals surface area contributed by atoms with Gasteiger partial charge >= 0.3 is 5.97 Å².